The summed E-state index contributed by atoms with van der Waals surface area (Å²) in [5, 5.41) is 0. The SMILES string of the molecule is CN(c1ccc(F)cc1)S(=O)(=O)c1ccccc1C=O. The Bertz CT molecular complexity index is 726. The molecule has 0 unspecified atom stereocenters. The zero-order valence-corrected chi connectivity index (χ0v) is 11.5. The lowest BCUT2D eigenvalue weighted by Gasteiger charge is -2.20. The molecule has 0 heterocycles. The van der Waals surface area contributed by atoms with Crippen molar-refractivity contribution in [3.05, 3.63) is 59.9 Å². The summed E-state index contributed by atoms with van der Waals surface area (Å²) in [6.07, 6.45) is 0.491. The highest BCUT2D eigenvalue weighted by Gasteiger charge is 2.23. The van der Waals surface area contributed by atoms with Gasteiger partial charge in [-0.1, -0.05) is 18.2 Å². The van der Waals surface area contributed by atoms with E-state index in [1.54, 1.807) is 12.1 Å². The molecular weight excluding hydrogens is 281 g/mol. The van der Waals surface area contributed by atoms with Crippen molar-refractivity contribution < 1.29 is 17.6 Å². The maximum absolute atomic E-state index is 12.9. The lowest BCUT2D eigenvalue weighted by molar-refractivity contribution is 0.112. The molecule has 0 saturated heterocycles. The molecule has 104 valence electrons. The van der Waals surface area contributed by atoms with Crippen LogP contribution < -0.4 is 4.31 Å². The highest BCUT2D eigenvalue weighted by atomic mass is 32.2. The summed E-state index contributed by atoms with van der Waals surface area (Å²) in [5.41, 5.74) is 0.397. The number of nitrogens with zero attached hydrogens (tertiary/aromatic N) is 1. The van der Waals surface area contributed by atoms with Crippen molar-refractivity contribution in [2.75, 3.05) is 11.4 Å². The molecular formula is C14H12FNO3S. The Morgan fingerprint density at radius 3 is 2.25 bits per heavy atom. The second kappa shape index (κ2) is 5.42. The van der Waals surface area contributed by atoms with Crippen LogP contribution in [0.1, 0.15) is 10.4 Å². The summed E-state index contributed by atoms with van der Waals surface area (Å²) in [5.74, 6) is -0.451. The van der Waals surface area contributed by atoms with Gasteiger partial charge in [-0.3, -0.25) is 9.10 Å². The lowest BCUT2D eigenvalue weighted by atomic mass is 10.2. The number of rotatable bonds is 4. The number of carbonyl (C=O) groups excluding carboxylic acids is 1. The third-order valence-corrected chi connectivity index (χ3v) is 4.73. The molecule has 0 radical (unpaired) electrons. The molecule has 20 heavy (non-hydrogen) atoms. The molecule has 0 aliphatic rings. The monoisotopic (exact) mass is 293 g/mol. The Kier molecular flexibility index (Phi) is 3.85. The van der Waals surface area contributed by atoms with Gasteiger partial charge in [0.15, 0.2) is 6.29 Å². The quantitative estimate of drug-likeness (QED) is 0.814. The van der Waals surface area contributed by atoms with Crippen molar-refractivity contribution in [1.82, 2.24) is 0 Å². The molecule has 2 aromatic rings. The van der Waals surface area contributed by atoms with Gasteiger partial charge >= 0.3 is 0 Å². The van der Waals surface area contributed by atoms with Gasteiger partial charge in [0.1, 0.15) is 5.82 Å². The maximum Gasteiger partial charge on any atom is 0.264 e. The fourth-order valence-electron chi connectivity index (χ4n) is 1.75. The molecule has 0 amide bonds. The van der Waals surface area contributed by atoms with E-state index in [1.807, 2.05) is 0 Å². The number of benzene rings is 2. The van der Waals surface area contributed by atoms with Gasteiger partial charge in [0.05, 0.1) is 10.6 Å². The van der Waals surface area contributed by atoms with Crippen LogP contribution in [0.5, 0.6) is 0 Å². The summed E-state index contributed by atoms with van der Waals surface area (Å²) >= 11 is 0. The van der Waals surface area contributed by atoms with E-state index in [1.165, 1.54) is 43.4 Å². The third-order valence-electron chi connectivity index (χ3n) is 2.87. The Hall–Kier alpha value is -2.21. The normalized spacial score (nSPS) is 11.1. The molecule has 0 spiro atoms. The van der Waals surface area contributed by atoms with Crippen molar-refractivity contribution in [2.24, 2.45) is 0 Å². The van der Waals surface area contributed by atoms with Gasteiger partial charge < -0.3 is 0 Å². The largest absolute Gasteiger partial charge is 0.298 e. The van der Waals surface area contributed by atoms with E-state index in [2.05, 4.69) is 0 Å². The molecule has 0 saturated carbocycles. The molecule has 0 bridgehead atoms. The first-order valence-corrected chi connectivity index (χ1v) is 7.19. The van der Waals surface area contributed by atoms with Crippen LogP contribution in [-0.4, -0.2) is 21.8 Å². The fraction of sp³-hybridized carbons (Fsp3) is 0.0714. The minimum atomic E-state index is -3.87. The minimum absolute atomic E-state index is 0.0816. The van der Waals surface area contributed by atoms with E-state index >= 15 is 0 Å². The van der Waals surface area contributed by atoms with E-state index in [0.717, 1.165) is 4.31 Å². The summed E-state index contributed by atoms with van der Waals surface area (Å²) in [6.45, 7) is 0. The summed E-state index contributed by atoms with van der Waals surface area (Å²) < 4.78 is 38.8. The summed E-state index contributed by atoms with van der Waals surface area (Å²) in [7, 11) is -2.52. The number of carbonyl (C=O) groups is 1. The van der Waals surface area contributed by atoms with Crippen LogP contribution in [0.15, 0.2) is 53.4 Å². The smallest absolute Gasteiger partial charge is 0.264 e. The molecule has 2 rings (SSSR count). The van der Waals surface area contributed by atoms with E-state index < -0.39 is 15.8 Å². The molecule has 6 heteroatoms. The van der Waals surface area contributed by atoms with E-state index in [9.17, 15) is 17.6 Å². The fourth-order valence-corrected chi connectivity index (χ4v) is 3.11. The second-order valence-corrected chi connectivity index (χ2v) is 6.04. The average molecular weight is 293 g/mol. The number of hydrogen-bond donors (Lipinski definition) is 0. The Balaban J connectivity index is 2.49. The molecule has 0 aliphatic carbocycles. The van der Waals surface area contributed by atoms with Gasteiger partial charge in [-0.25, -0.2) is 12.8 Å². The van der Waals surface area contributed by atoms with E-state index in [0.29, 0.717) is 12.0 Å². The number of anilines is 1. The number of sulfonamides is 1. The zero-order chi connectivity index (χ0) is 14.8. The van der Waals surface area contributed by atoms with E-state index in [4.69, 9.17) is 0 Å². The summed E-state index contributed by atoms with van der Waals surface area (Å²) in [6, 6.07) is 11.0. The molecule has 4 nitrogen and oxygen atoms in total. The second-order valence-electron chi connectivity index (χ2n) is 4.10. The van der Waals surface area contributed by atoms with Crippen molar-refractivity contribution in [3.63, 3.8) is 0 Å². The highest BCUT2D eigenvalue weighted by molar-refractivity contribution is 7.92. The number of aldehydes is 1. The molecule has 0 fully saturated rings. The Morgan fingerprint density at radius 2 is 1.65 bits per heavy atom. The Morgan fingerprint density at radius 1 is 1.05 bits per heavy atom. The van der Waals surface area contributed by atoms with Gasteiger partial charge in [0.25, 0.3) is 10.0 Å². The average Bonchev–Trinajstić information content (AvgIpc) is 2.47. The van der Waals surface area contributed by atoms with Crippen LogP contribution >= 0.6 is 0 Å². The minimum Gasteiger partial charge on any atom is -0.298 e. The molecule has 2 aromatic carbocycles. The predicted molar refractivity (Wildman–Crippen MR) is 73.8 cm³/mol. The highest BCUT2D eigenvalue weighted by Crippen LogP contribution is 2.23. The Labute approximate surface area is 116 Å². The van der Waals surface area contributed by atoms with Crippen LogP contribution in [0.3, 0.4) is 0 Å². The van der Waals surface area contributed by atoms with E-state index in [-0.39, 0.29) is 10.5 Å². The summed E-state index contributed by atoms with van der Waals surface area (Å²) in [4.78, 5) is 10.9. The molecule has 0 aromatic heterocycles. The van der Waals surface area contributed by atoms with Crippen LogP contribution in [0.2, 0.25) is 0 Å². The lowest BCUT2D eigenvalue weighted by Crippen LogP contribution is -2.27. The first kappa shape index (κ1) is 14.2. The van der Waals surface area contributed by atoms with Crippen LogP contribution in [0.4, 0.5) is 10.1 Å². The van der Waals surface area contributed by atoms with Crippen LogP contribution in [0.25, 0.3) is 0 Å². The standard InChI is InChI=1S/C14H12FNO3S/c1-16(13-8-6-12(15)7-9-13)20(18,19)14-5-3-2-4-11(14)10-17/h2-10H,1H3. The van der Waals surface area contributed by atoms with Gasteiger partial charge in [-0.05, 0) is 30.3 Å². The van der Waals surface area contributed by atoms with Crippen molar-refractivity contribution in [3.8, 4) is 0 Å². The van der Waals surface area contributed by atoms with Crippen molar-refractivity contribution in [1.29, 1.82) is 0 Å². The van der Waals surface area contributed by atoms with Gasteiger partial charge in [0, 0.05) is 12.6 Å². The van der Waals surface area contributed by atoms with Gasteiger partial charge in [0.2, 0.25) is 0 Å². The predicted octanol–water partition coefficient (Wildman–Crippen LogP) is 2.46. The van der Waals surface area contributed by atoms with Crippen molar-refractivity contribution >= 4 is 22.0 Å². The van der Waals surface area contributed by atoms with Crippen LogP contribution in [-0.2, 0) is 10.0 Å². The number of hydrogen-bond acceptors (Lipinski definition) is 3. The van der Waals surface area contributed by atoms with Gasteiger partial charge in [-0.15, -0.1) is 0 Å². The molecule has 0 aliphatic heterocycles. The maximum atomic E-state index is 12.9. The third kappa shape index (κ3) is 2.55. The van der Waals surface area contributed by atoms with Crippen molar-refractivity contribution in [2.45, 2.75) is 4.90 Å². The van der Waals surface area contributed by atoms with Crippen LogP contribution in [0, 0.1) is 5.82 Å². The molecule has 0 atom stereocenters. The number of halogens is 1. The molecule has 0 N–H and O–H groups in total. The first-order valence-electron chi connectivity index (χ1n) is 5.75. The zero-order valence-electron chi connectivity index (χ0n) is 10.7. The van der Waals surface area contributed by atoms with Gasteiger partial charge in [-0.2, -0.15) is 0 Å². The first-order chi connectivity index (χ1) is 9.46. The topological polar surface area (TPSA) is 54.5 Å².